The van der Waals surface area contributed by atoms with Gasteiger partial charge in [-0.15, -0.1) is 0 Å². The van der Waals surface area contributed by atoms with E-state index in [2.05, 4.69) is 162 Å². The standard InChI is InChI=1S/C64H71N5O/c1-41-35-56-59(61-57(41)51-31-18-19-33-54(51)69(61)50-29-16-7-17-30-50)58-52(32-20-34-55(58)70-56)60-53(64-67-62(44-25-12-5-13-26-44)66-63(68(64)2)45-27-14-6-15-28-45)39-49(40-65-60)48-37-46(42-21-8-3-9-22-42)36-47(38-48)43-23-10-4-11-24-43/h3,5,8-9,12-13,16,18-21,25-27,29,32-34,36,38-39,41-43,46,50-51,63-65H,4,6-7,10-11,14-15,17,22-24,28,30-31,35,37,40H2,1-2H3,(H,66,67). The number of amidine groups is 1. The zero-order chi connectivity index (χ0) is 46.7. The van der Waals surface area contributed by atoms with Crippen molar-refractivity contribution in [1.82, 2.24) is 20.4 Å². The second-order valence-corrected chi connectivity index (χ2v) is 22.2. The van der Waals surface area contributed by atoms with Crippen molar-refractivity contribution in [2.45, 2.75) is 128 Å². The minimum absolute atomic E-state index is 0.0629. The predicted molar refractivity (Wildman–Crippen MR) is 288 cm³/mol. The summed E-state index contributed by atoms with van der Waals surface area (Å²) in [5, 5.41) is 9.65. The Morgan fingerprint density at radius 3 is 2.51 bits per heavy atom. The average molecular weight is 926 g/mol. The largest absolute Gasteiger partial charge is 0.460 e. The van der Waals surface area contributed by atoms with Gasteiger partial charge in [-0.25, -0.2) is 4.99 Å². The molecular weight excluding hydrogens is 855 g/mol. The molecule has 0 spiro atoms. The molecule has 3 aliphatic heterocycles. The van der Waals surface area contributed by atoms with Gasteiger partial charge in [0.2, 0.25) is 0 Å². The van der Waals surface area contributed by atoms with Crippen LogP contribution in [0.15, 0.2) is 176 Å². The Hall–Kier alpha value is -5.85. The molecule has 1 fully saturated rings. The molecular formula is C64H71N5O. The van der Waals surface area contributed by atoms with Crippen LogP contribution < -0.4 is 10.6 Å². The van der Waals surface area contributed by atoms with E-state index in [9.17, 15) is 0 Å². The van der Waals surface area contributed by atoms with E-state index < -0.39 is 0 Å². The van der Waals surface area contributed by atoms with Crippen LogP contribution in [0.4, 0.5) is 0 Å². The Morgan fingerprint density at radius 2 is 1.69 bits per heavy atom. The molecule has 0 saturated heterocycles. The first kappa shape index (κ1) is 44.1. The zero-order valence-electron chi connectivity index (χ0n) is 41.5. The highest BCUT2D eigenvalue weighted by Gasteiger charge is 2.47. The molecule has 0 bridgehead atoms. The zero-order valence-corrected chi connectivity index (χ0v) is 41.5. The van der Waals surface area contributed by atoms with E-state index >= 15 is 0 Å². The molecule has 0 radical (unpaired) electrons. The predicted octanol–water partition coefficient (Wildman–Crippen LogP) is 14.2. The first-order valence-corrected chi connectivity index (χ1v) is 27.4. The van der Waals surface area contributed by atoms with Crippen LogP contribution in [-0.4, -0.2) is 47.6 Å². The summed E-state index contributed by atoms with van der Waals surface area (Å²) < 4.78 is 7.16. The van der Waals surface area contributed by atoms with Crippen molar-refractivity contribution < 1.29 is 4.42 Å². The first-order valence-electron chi connectivity index (χ1n) is 27.4. The van der Waals surface area contributed by atoms with E-state index in [-0.39, 0.29) is 12.3 Å². The number of nitrogens with zero attached hydrogens (tertiary/aromatic N) is 3. The third-order valence-electron chi connectivity index (χ3n) is 17.8. The van der Waals surface area contributed by atoms with Crippen molar-refractivity contribution in [3.8, 4) is 0 Å². The third kappa shape index (κ3) is 7.84. The lowest BCUT2D eigenvalue weighted by Gasteiger charge is -2.43. The maximum absolute atomic E-state index is 7.16. The van der Waals surface area contributed by atoms with Crippen LogP contribution in [0.25, 0.3) is 22.4 Å². The fourth-order valence-corrected chi connectivity index (χ4v) is 14.3. The number of hydrogen-bond donors (Lipinski definition) is 2. The van der Waals surface area contributed by atoms with E-state index in [0.29, 0.717) is 35.6 Å². The Morgan fingerprint density at radius 1 is 0.786 bits per heavy atom. The van der Waals surface area contributed by atoms with Crippen LogP contribution in [0.5, 0.6) is 0 Å². The Bertz CT molecular complexity index is 2950. The Balaban J connectivity index is 1.01. The number of benzene rings is 2. The molecule has 1 aromatic heterocycles. The Labute approximate surface area is 416 Å². The van der Waals surface area contributed by atoms with Gasteiger partial charge in [-0.1, -0.05) is 135 Å². The summed E-state index contributed by atoms with van der Waals surface area (Å²) in [5.74, 6) is 4.59. The summed E-state index contributed by atoms with van der Waals surface area (Å²) in [4.78, 5) is 10.9. The van der Waals surface area contributed by atoms with Crippen molar-refractivity contribution in [1.29, 1.82) is 0 Å². The molecule has 6 nitrogen and oxygen atoms in total. The summed E-state index contributed by atoms with van der Waals surface area (Å²) in [6.07, 6.45) is 50.8. The normalized spacial score (nSPS) is 30.1. The monoisotopic (exact) mass is 926 g/mol. The molecule has 358 valence electrons. The lowest BCUT2D eigenvalue weighted by molar-refractivity contribution is 0.195. The second-order valence-electron chi connectivity index (χ2n) is 22.2. The SMILES string of the molecule is CC1Cc2oc3cccc(C4=C(C5NC(c6ccccc6)=NC(C6=CCCCC6)N5C)C=C(C5=CC(C6CCCCC6)=CC(C6C=CC=CC6)C5)CN4)c3c2C2=C1C1CC=CC=C1N2C1C=CCCC1. The number of aliphatic imine (C=N–C) groups is 1. The van der Waals surface area contributed by atoms with E-state index in [0.717, 1.165) is 67.8 Å². The molecule has 2 N–H and O–H groups in total. The van der Waals surface area contributed by atoms with E-state index in [1.165, 1.54) is 120 Å². The van der Waals surface area contributed by atoms with Gasteiger partial charge in [0.05, 0.1) is 11.7 Å². The number of nitrogens with one attached hydrogen (secondary N) is 2. The van der Waals surface area contributed by atoms with Crippen molar-refractivity contribution in [3.05, 3.63) is 189 Å². The number of furan rings is 1. The third-order valence-corrected chi connectivity index (χ3v) is 17.8. The maximum atomic E-state index is 7.16. The minimum atomic E-state index is -0.152. The molecule has 7 atom stereocenters. The van der Waals surface area contributed by atoms with E-state index in [4.69, 9.17) is 9.41 Å². The van der Waals surface area contributed by atoms with Gasteiger partial charge in [-0.3, -0.25) is 4.90 Å². The van der Waals surface area contributed by atoms with Crippen LogP contribution in [0.1, 0.15) is 126 Å². The maximum Gasteiger partial charge on any atom is 0.135 e. The number of allylic oxidation sites excluding steroid dienone is 13. The van der Waals surface area contributed by atoms with Gasteiger partial charge in [-0.05, 0) is 154 Å². The Kier molecular flexibility index (Phi) is 11.8. The molecule has 7 unspecified atom stereocenters. The van der Waals surface area contributed by atoms with Gasteiger partial charge in [0, 0.05) is 57.9 Å². The second kappa shape index (κ2) is 18.7. The fraction of sp³-hybridized carbons (Fsp3) is 0.422. The lowest BCUT2D eigenvalue weighted by atomic mass is 9.72. The van der Waals surface area contributed by atoms with Gasteiger partial charge in [-0.2, -0.15) is 0 Å². The topological polar surface area (TPSA) is 56.0 Å². The molecule has 3 aromatic rings. The first-order chi connectivity index (χ1) is 34.6. The van der Waals surface area contributed by atoms with Crippen molar-refractivity contribution in [2.75, 3.05) is 13.6 Å². The van der Waals surface area contributed by atoms with Crippen LogP contribution >= 0.6 is 0 Å². The van der Waals surface area contributed by atoms with Gasteiger partial charge < -0.3 is 20.0 Å². The van der Waals surface area contributed by atoms with Gasteiger partial charge in [0.25, 0.3) is 0 Å². The minimum Gasteiger partial charge on any atom is -0.460 e. The molecule has 7 aliphatic carbocycles. The van der Waals surface area contributed by atoms with E-state index in [1.54, 1.807) is 11.1 Å². The number of likely N-dealkylation sites (N-methyl/N-ethyl adjacent to an activating group) is 1. The number of fused-ring (bicyclic) bond motifs is 6. The van der Waals surface area contributed by atoms with Gasteiger partial charge in [0.1, 0.15) is 29.5 Å². The molecule has 13 rings (SSSR count). The molecule has 1 saturated carbocycles. The van der Waals surface area contributed by atoms with Crippen LogP contribution in [0.3, 0.4) is 0 Å². The van der Waals surface area contributed by atoms with Crippen LogP contribution in [-0.2, 0) is 6.42 Å². The van der Waals surface area contributed by atoms with Crippen molar-refractivity contribution in [2.24, 2.45) is 34.6 Å². The molecule has 0 amide bonds. The van der Waals surface area contributed by atoms with E-state index in [1.807, 2.05) is 0 Å². The lowest BCUT2D eigenvalue weighted by Crippen LogP contribution is -2.57. The number of rotatable bonds is 8. The summed E-state index contributed by atoms with van der Waals surface area (Å²) >= 11 is 0. The molecule has 2 aromatic carbocycles. The fourth-order valence-electron chi connectivity index (χ4n) is 14.3. The molecule has 70 heavy (non-hydrogen) atoms. The smallest absolute Gasteiger partial charge is 0.135 e. The van der Waals surface area contributed by atoms with Crippen LogP contribution in [0, 0.1) is 29.6 Å². The quantitative estimate of drug-likeness (QED) is 0.221. The van der Waals surface area contributed by atoms with Crippen LogP contribution in [0.2, 0.25) is 0 Å². The van der Waals surface area contributed by atoms with Crippen molar-refractivity contribution >= 4 is 28.2 Å². The average Bonchev–Trinajstić information content (AvgIpc) is 3.98. The van der Waals surface area contributed by atoms with Gasteiger partial charge >= 0.3 is 0 Å². The summed E-state index contributed by atoms with van der Waals surface area (Å²) in [5.41, 5.74) is 17.6. The summed E-state index contributed by atoms with van der Waals surface area (Å²) in [6, 6.07) is 18.1. The summed E-state index contributed by atoms with van der Waals surface area (Å²) in [7, 11) is 2.31. The number of dihydropyridines is 1. The summed E-state index contributed by atoms with van der Waals surface area (Å²) in [6.45, 7) is 3.23. The molecule has 10 aliphatic rings. The molecule has 4 heterocycles. The molecule has 6 heteroatoms. The highest BCUT2D eigenvalue weighted by atomic mass is 16.3. The number of hydrogen-bond acceptors (Lipinski definition) is 6. The van der Waals surface area contributed by atoms with Crippen molar-refractivity contribution in [3.63, 3.8) is 0 Å². The highest BCUT2D eigenvalue weighted by molar-refractivity contribution is 6.04. The highest BCUT2D eigenvalue weighted by Crippen LogP contribution is 2.56. The van der Waals surface area contributed by atoms with Gasteiger partial charge in [0.15, 0.2) is 0 Å².